The van der Waals surface area contributed by atoms with Gasteiger partial charge in [0.25, 0.3) is 5.91 Å². The Morgan fingerprint density at radius 2 is 2.10 bits per heavy atom. The summed E-state index contributed by atoms with van der Waals surface area (Å²) in [7, 11) is 0. The number of carbonyl (C=O) groups excluding carboxylic acids is 1. The van der Waals surface area contributed by atoms with Crippen LogP contribution in [-0.2, 0) is 0 Å². The van der Waals surface area contributed by atoms with Gasteiger partial charge in [0.05, 0.1) is 4.47 Å². The predicted octanol–water partition coefficient (Wildman–Crippen LogP) is 3.19. The summed E-state index contributed by atoms with van der Waals surface area (Å²) in [4.78, 5) is 14.4. The molecule has 0 aromatic heterocycles. The maximum absolute atomic E-state index is 13.4. The molecule has 1 aliphatic heterocycles. The number of carbonyl (C=O) groups is 1. The number of benzene rings is 1. The normalized spacial score (nSPS) is 17.8. The van der Waals surface area contributed by atoms with E-state index in [1.807, 2.05) is 6.92 Å². The zero-order valence-corrected chi connectivity index (χ0v) is 13.2. The van der Waals surface area contributed by atoms with Gasteiger partial charge in [-0.25, -0.2) is 4.39 Å². The highest BCUT2D eigenvalue weighted by Crippen LogP contribution is 2.16. The molecule has 3 nitrogen and oxygen atoms in total. The van der Waals surface area contributed by atoms with Crippen molar-refractivity contribution < 1.29 is 9.18 Å². The van der Waals surface area contributed by atoms with Crippen LogP contribution in [-0.4, -0.2) is 36.5 Å². The van der Waals surface area contributed by atoms with Crippen LogP contribution in [0.4, 0.5) is 4.39 Å². The van der Waals surface area contributed by atoms with Gasteiger partial charge < -0.3 is 10.2 Å². The number of likely N-dealkylation sites (tertiary alicyclic amines) is 1. The monoisotopic (exact) mass is 342 g/mol. The van der Waals surface area contributed by atoms with E-state index in [0.29, 0.717) is 10.0 Å². The summed E-state index contributed by atoms with van der Waals surface area (Å²) < 4.78 is 13.8. The summed E-state index contributed by atoms with van der Waals surface area (Å²) in [6.45, 7) is 5.05. The Labute approximate surface area is 127 Å². The molecule has 1 saturated heterocycles. The van der Waals surface area contributed by atoms with Gasteiger partial charge in [0.1, 0.15) is 5.82 Å². The summed E-state index contributed by atoms with van der Waals surface area (Å²) >= 11 is 3.08. The van der Waals surface area contributed by atoms with Crippen molar-refractivity contribution in [3.8, 4) is 0 Å². The molecule has 20 heavy (non-hydrogen) atoms. The first-order chi connectivity index (χ1) is 9.56. The lowest BCUT2D eigenvalue weighted by Crippen LogP contribution is -2.43. The number of hydrogen-bond donors (Lipinski definition) is 1. The van der Waals surface area contributed by atoms with Gasteiger partial charge >= 0.3 is 0 Å². The van der Waals surface area contributed by atoms with Crippen molar-refractivity contribution in [2.45, 2.75) is 32.2 Å². The van der Waals surface area contributed by atoms with Crippen LogP contribution in [0.2, 0.25) is 0 Å². The third-order valence-corrected chi connectivity index (χ3v) is 4.18. The van der Waals surface area contributed by atoms with Crippen LogP contribution in [0.15, 0.2) is 22.7 Å². The smallest absolute Gasteiger partial charge is 0.251 e. The first-order valence-electron chi connectivity index (χ1n) is 7.04. The highest BCUT2D eigenvalue weighted by molar-refractivity contribution is 9.10. The number of rotatable bonds is 4. The Kier molecular flexibility index (Phi) is 5.54. The first-order valence-corrected chi connectivity index (χ1v) is 7.84. The van der Waals surface area contributed by atoms with E-state index < -0.39 is 5.82 Å². The first kappa shape index (κ1) is 15.4. The molecule has 1 atom stereocenters. The van der Waals surface area contributed by atoms with Crippen molar-refractivity contribution in [2.24, 2.45) is 0 Å². The molecule has 0 bridgehead atoms. The summed E-state index contributed by atoms with van der Waals surface area (Å²) in [5.74, 6) is -0.637. The number of hydrogen-bond acceptors (Lipinski definition) is 2. The van der Waals surface area contributed by atoms with Crippen molar-refractivity contribution in [2.75, 3.05) is 19.6 Å². The molecule has 1 amide bonds. The molecule has 0 aliphatic carbocycles. The molecular formula is C15H20BrFN2O. The van der Waals surface area contributed by atoms with E-state index in [2.05, 4.69) is 26.1 Å². The molecule has 1 aromatic carbocycles. The minimum absolute atomic E-state index is 0.0623. The lowest BCUT2D eigenvalue weighted by atomic mass is 10.1. The fourth-order valence-electron chi connectivity index (χ4n) is 2.52. The molecular weight excluding hydrogens is 323 g/mol. The number of piperidine rings is 1. The quantitative estimate of drug-likeness (QED) is 0.911. The Bertz CT molecular complexity index is 475. The Morgan fingerprint density at radius 3 is 2.75 bits per heavy atom. The number of halogens is 2. The maximum atomic E-state index is 13.4. The topological polar surface area (TPSA) is 32.3 Å². The molecule has 1 heterocycles. The Morgan fingerprint density at radius 1 is 1.40 bits per heavy atom. The van der Waals surface area contributed by atoms with Crippen molar-refractivity contribution in [3.63, 3.8) is 0 Å². The molecule has 1 fully saturated rings. The van der Waals surface area contributed by atoms with Gasteiger partial charge in [-0.3, -0.25) is 4.79 Å². The zero-order valence-electron chi connectivity index (χ0n) is 11.7. The molecule has 1 aliphatic rings. The highest BCUT2D eigenvalue weighted by atomic mass is 79.9. The van der Waals surface area contributed by atoms with Crippen molar-refractivity contribution in [1.82, 2.24) is 10.2 Å². The summed E-state index contributed by atoms with van der Waals surface area (Å²) in [5.41, 5.74) is 0.358. The number of nitrogens with one attached hydrogen (secondary N) is 1. The maximum Gasteiger partial charge on any atom is 0.251 e. The zero-order chi connectivity index (χ0) is 14.5. The van der Waals surface area contributed by atoms with Gasteiger partial charge in [-0.1, -0.05) is 6.42 Å². The van der Waals surface area contributed by atoms with E-state index in [4.69, 9.17) is 0 Å². The van der Waals surface area contributed by atoms with E-state index in [1.165, 1.54) is 25.3 Å². The second-order valence-corrected chi connectivity index (χ2v) is 6.22. The average Bonchev–Trinajstić information content (AvgIpc) is 2.42. The van der Waals surface area contributed by atoms with Gasteiger partial charge in [0.15, 0.2) is 0 Å². The molecule has 0 spiro atoms. The molecule has 1 unspecified atom stereocenters. The third kappa shape index (κ3) is 4.28. The predicted molar refractivity (Wildman–Crippen MR) is 81.3 cm³/mol. The summed E-state index contributed by atoms with van der Waals surface area (Å²) in [6.07, 6.45) is 3.77. The second kappa shape index (κ2) is 7.18. The van der Waals surface area contributed by atoms with Crippen LogP contribution in [0, 0.1) is 5.82 Å². The van der Waals surface area contributed by atoms with Crippen LogP contribution in [0.5, 0.6) is 0 Å². The van der Waals surface area contributed by atoms with E-state index >= 15 is 0 Å². The minimum atomic E-state index is -0.415. The Hall–Kier alpha value is -0.940. The van der Waals surface area contributed by atoms with Gasteiger partial charge in [0, 0.05) is 18.2 Å². The standard InChI is InChI=1S/C15H20BrFN2O/c1-11(10-19-7-3-2-4-8-19)18-15(20)12-5-6-13(16)14(17)9-12/h5-6,9,11H,2-4,7-8,10H2,1H3,(H,18,20). The van der Waals surface area contributed by atoms with Gasteiger partial charge in [-0.2, -0.15) is 0 Å². The molecule has 1 aromatic rings. The largest absolute Gasteiger partial charge is 0.348 e. The van der Waals surface area contributed by atoms with Gasteiger partial charge in [-0.15, -0.1) is 0 Å². The molecule has 0 radical (unpaired) electrons. The van der Waals surface area contributed by atoms with Crippen molar-refractivity contribution in [1.29, 1.82) is 0 Å². The van der Waals surface area contributed by atoms with E-state index in [0.717, 1.165) is 19.6 Å². The summed E-state index contributed by atoms with van der Waals surface area (Å²) in [6, 6.07) is 4.50. The van der Waals surface area contributed by atoms with Crippen LogP contribution < -0.4 is 5.32 Å². The Balaban J connectivity index is 1.87. The molecule has 0 saturated carbocycles. The van der Waals surface area contributed by atoms with Gasteiger partial charge in [-0.05, 0) is 67.0 Å². The lowest BCUT2D eigenvalue weighted by molar-refractivity contribution is 0.0925. The minimum Gasteiger partial charge on any atom is -0.348 e. The van der Waals surface area contributed by atoms with E-state index in [-0.39, 0.29) is 11.9 Å². The molecule has 1 N–H and O–H groups in total. The molecule has 2 rings (SSSR count). The average molecular weight is 343 g/mol. The fraction of sp³-hybridized carbons (Fsp3) is 0.533. The SMILES string of the molecule is CC(CN1CCCCC1)NC(=O)c1ccc(Br)c(F)c1. The van der Waals surface area contributed by atoms with E-state index in [1.54, 1.807) is 12.1 Å². The van der Waals surface area contributed by atoms with Crippen LogP contribution >= 0.6 is 15.9 Å². The molecule has 110 valence electrons. The highest BCUT2D eigenvalue weighted by Gasteiger charge is 2.16. The van der Waals surface area contributed by atoms with Crippen LogP contribution in [0.3, 0.4) is 0 Å². The number of amides is 1. The fourth-order valence-corrected chi connectivity index (χ4v) is 2.77. The lowest BCUT2D eigenvalue weighted by Gasteiger charge is -2.29. The van der Waals surface area contributed by atoms with Crippen LogP contribution in [0.25, 0.3) is 0 Å². The third-order valence-electron chi connectivity index (χ3n) is 3.54. The number of nitrogens with zero attached hydrogens (tertiary/aromatic N) is 1. The summed E-state index contributed by atoms with van der Waals surface area (Å²) in [5, 5.41) is 2.93. The van der Waals surface area contributed by atoms with Crippen LogP contribution in [0.1, 0.15) is 36.5 Å². The van der Waals surface area contributed by atoms with Gasteiger partial charge in [0.2, 0.25) is 0 Å². The van der Waals surface area contributed by atoms with Crippen molar-refractivity contribution in [3.05, 3.63) is 34.1 Å². The second-order valence-electron chi connectivity index (χ2n) is 5.36. The van der Waals surface area contributed by atoms with Crippen molar-refractivity contribution >= 4 is 21.8 Å². The molecule has 5 heteroatoms. The van der Waals surface area contributed by atoms with E-state index in [9.17, 15) is 9.18 Å².